The topological polar surface area (TPSA) is 84.4 Å². The zero-order chi connectivity index (χ0) is 26.0. The van der Waals surface area contributed by atoms with Crippen molar-refractivity contribution in [3.63, 3.8) is 0 Å². The molecule has 1 aliphatic rings. The van der Waals surface area contributed by atoms with E-state index in [-0.39, 0.29) is 45.1 Å². The maximum Gasteiger partial charge on any atom is 0.250 e. The van der Waals surface area contributed by atoms with E-state index in [1.807, 2.05) is 33.8 Å². The van der Waals surface area contributed by atoms with Gasteiger partial charge in [0.2, 0.25) is 5.78 Å². The first-order valence-electron chi connectivity index (χ1n) is 11.6. The first kappa shape index (κ1) is 23.9. The van der Waals surface area contributed by atoms with Crippen LogP contribution in [0, 0.1) is 11.6 Å². The summed E-state index contributed by atoms with van der Waals surface area (Å²) in [4.78, 5) is 20.8. The molecule has 2 N–H and O–H groups in total. The molecule has 0 amide bonds. The van der Waals surface area contributed by atoms with Crippen molar-refractivity contribution in [2.24, 2.45) is 7.05 Å². The quantitative estimate of drug-likeness (QED) is 0.435. The van der Waals surface area contributed by atoms with Crippen LogP contribution in [0.15, 0.2) is 53.7 Å². The van der Waals surface area contributed by atoms with Gasteiger partial charge in [-0.2, -0.15) is 0 Å². The molecule has 0 saturated carbocycles. The highest BCUT2D eigenvalue weighted by Crippen LogP contribution is 2.37. The normalized spacial score (nSPS) is 16.8. The highest BCUT2D eigenvalue weighted by Gasteiger charge is 2.34. The predicted molar refractivity (Wildman–Crippen MR) is 135 cm³/mol. The van der Waals surface area contributed by atoms with Crippen LogP contribution in [-0.2, 0) is 7.05 Å². The summed E-state index contributed by atoms with van der Waals surface area (Å²) in [6, 6.07) is 5.63. The van der Waals surface area contributed by atoms with E-state index < -0.39 is 11.6 Å². The Kier molecular flexibility index (Phi) is 5.37. The van der Waals surface area contributed by atoms with Gasteiger partial charge in [-0.05, 0) is 69.0 Å². The number of nitrogens with zero attached hydrogens (tertiary/aromatic N) is 4. The van der Waals surface area contributed by atoms with E-state index in [1.165, 1.54) is 39.6 Å². The Morgan fingerprint density at radius 1 is 1.03 bits per heavy atom. The summed E-state index contributed by atoms with van der Waals surface area (Å²) in [5, 5.41) is 14.2. The zero-order valence-corrected chi connectivity index (χ0v) is 20.7. The number of imidazole rings is 1. The first-order chi connectivity index (χ1) is 16.8. The maximum atomic E-state index is 15.2. The average Bonchev–Trinajstić information content (AvgIpc) is 3.14. The minimum atomic E-state index is -0.723. The SMILES string of the molecule is Cn1ccc(-c2cc(O)c(-c3cn4cc(F)c(C5=CC(C)(C)NC(C)(C)C5)nc4n3)c(F)c2)cc1=O. The molecule has 0 aliphatic carbocycles. The van der Waals surface area contributed by atoms with Gasteiger partial charge in [-0.25, -0.2) is 18.7 Å². The number of hydrogen-bond acceptors (Lipinski definition) is 5. The van der Waals surface area contributed by atoms with Crippen molar-refractivity contribution in [1.29, 1.82) is 0 Å². The molecular weight excluding hydrogens is 464 g/mol. The third kappa shape index (κ3) is 4.30. The van der Waals surface area contributed by atoms with Crippen LogP contribution < -0.4 is 10.9 Å². The number of nitrogens with one attached hydrogen (secondary N) is 1. The second kappa shape index (κ2) is 8.09. The van der Waals surface area contributed by atoms with Crippen LogP contribution in [0.3, 0.4) is 0 Å². The summed E-state index contributed by atoms with van der Waals surface area (Å²) in [5.41, 5.74) is 0.923. The number of pyridine rings is 1. The van der Waals surface area contributed by atoms with Gasteiger partial charge in [-0.3, -0.25) is 9.20 Å². The zero-order valence-electron chi connectivity index (χ0n) is 20.7. The van der Waals surface area contributed by atoms with Gasteiger partial charge in [0.15, 0.2) is 5.82 Å². The summed E-state index contributed by atoms with van der Waals surface area (Å²) in [5.74, 6) is -1.40. The Hall–Kier alpha value is -3.85. The van der Waals surface area contributed by atoms with Gasteiger partial charge in [0.05, 0.1) is 11.3 Å². The Balaban J connectivity index is 1.57. The van der Waals surface area contributed by atoms with E-state index in [9.17, 15) is 9.90 Å². The molecule has 186 valence electrons. The molecule has 0 unspecified atom stereocenters. The van der Waals surface area contributed by atoms with Gasteiger partial charge in [0.1, 0.15) is 17.3 Å². The molecule has 0 radical (unpaired) electrons. The number of phenolic OH excluding ortho intramolecular Hbond substituents is 1. The van der Waals surface area contributed by atoms with E-state index in [0.717, 1.165) is 5.57 Å². The molecule has 0 bridgehead atoms. The Morgan fingerprint density at radius 2 is 1.78 bits per heavy atom. The van der Waals surface area contributed by atoms with Crippen molar-refractivity contribution in [3.8, 4) is 28.1 Å². The standard InChI is InChI=1S/C27H27F2N5O2/c1-26(2)11-17(12-27(3,4)32-26)24-19(29)13-34-14-20(30-25(34)31-24)23-18(28)8-16(9-21(23)35)15-6-7-33(5)22(36)10-15/h6-11,13-14,32,35H,12H2,1-5H3. The molecule has 0 saturated heterocycles. The minimum Gasteiger partial charge on any atom is -0.507 e. The lowest BCUT2D eigenvalue weighted by Gasteiger charge is -2.41. The van der Waals surface area contributed by atoms with Crippen molar-refractivity contribution in [3.05, 3.63) is 76.6 Å². The number of rotatable bonds is 3. The van der Waals surface area contributed by atoms with Gasteiger partial charge in [0.25, 0.3) is 5.56 Å². The van der Waals surface area contributed by atoms with Gasteiger partial charge in [-0.15, -0.1) is 0 Å². The predicted octanol–water partition coefficient (Wildman–Crippen LogP) is 4.68. The molecule has 5 rings (SSSR count). The molecule has 0 atom stereocenters. The molecule has 0 fully saturated rings. The molecule has 0 spiro atoms. The van der Waals surface area contributed by atoms with Crippen molar-refractivity contribution >= 4 is 11.4 Å². The number of aromatic nitrogens is 4. The lowest BCUT2D eigenvalue weighted by Crippen LogP contribution is -2.53. The third-order valence-corrected chi connectivity index (χ3v) is 6.30. The lowest BCUT2D eigenvalue weighted by atomic mass is 9.82. The number of phenols is 1. The largest absolute Gasteiger partial charge is 0.507 e. The fraction of sp³-hybridized carbons (Fsp3) is 0.296. The van der Waals surface area contributed by atoms with Crippen LogP contribution in [-0.4, -0.2) is 35.1 Å². The summed E-state index contributed by atoms with van der Waals surface area (Å²) >= 11 is 0. The number of fused-ring (bicyclic) bond motifs is 1. The second-order valence-corrected chi connectivity index (χ2v) is 10.6. The molecule has 1 aliphatic heterocycles. The maximum absolute atomic E-state index is 15.2. The molecule has 4 aromatic rings. The Labute approximate surface area is 206 Å². The van der Waals surface area contributed by atoms with Gasteiger partial charge in [0, 0.05) is 42.8 Å². The van der Waals surface area contributed by atoms with Gasteiger partial charge in [-0.1, -0.05) is 6.08 Å². The minimum absolute atomic E-state index is 0.115. The summed E-state index contributed by atoms with van der Waals surface area (Å²) in [6.45, 7) is 8.13. The van der Waals surface area contributed by atoms with Crippen LogP contribution in [0.1, 0.15) is 39.8 Å². The van der Waals surface area contributed by atoms with Crippen LogP contribution >= 0.6 is 0 Å². The van der Waals surface area contributed by atoms with E-state index in [4.69, 9.17) is 0 Å². The number of aromatic hydroxyl groups is 1. The van der Waals surface area contributed by atoms with Crippen molar-refractivity contribution in [2.45, 2.75) is 45.2 Å². The van der Waals surface area contributed by atoms with Crippen molar-refractivity contribution in [2.75, 3.05) is 0 Å². The molecule has 36 heavy (non-hydrogen) atoms. The van der Waals surface area contributed by atoms with Crippen LogP contribution in [0.4, 0.5) is 8.78 Å². The Bertz CT molecular complexity index is 1590. The highest BCUT2D eigenvalue weighted by molar-refractivity contribution is 5.76. The van der Waals surface area contributed by atoms with Gasteiger partial charge < -0.3 is 15.0 Å². The summed E-state index contributed by atoms with van der Waals surface area (Å²) < 4.78 is 33.1. The fourth-order valence-electron chi connectivity index (χ4n) is 5.05. The molecular formula is C27H27F2N5O2. The summed E-state index contributed by atoms with van der Waals surface area (Å²) in [6.07, 6.45) is 6.80. The fourth-order valence-corrected chi connectivity index (χ4v) is 5.05. The van der Waals surface area contributed by atoms with E-state index in [1.54, 1.807) is 19.3 Å². The van der Waals surface area contributed by atoms with E-state index in [0.29, 0.717) is 17.5 Å². The van der Waals surface area contributed by atoms with E-state index >= 15 is 8.78 Å². The molecule has 9 heteroatoms. The molecule has 4 heterocycles. The smallest absolute Gasteiger partial charge is 0.250 e. The number of benzene rings is 1. The second-order valence-electron chi connectivity index (χ2n) is 10.6. The van der Waals surface area contributed by atoms with E-state index in [2.05, 4.69) is 15.3 Å². The van der Waals surface area contributed by atoms with Crippen molar-refractivity contribution in [1.82, 2.24) is 24.3 Å². The van der Waals surface area contributed by atoms with Crippen molar-refractivity contribution < 1.29 is 13.9 Å². The molecule has 3 aromatic heterocycles. The first-order valence-corrected chi connectivity index (χ1v) is 11.6. The van der Waals surface area contributed by atoms with Crippen LogP contribution in [0.25, 0.3) is 33.7 Å². The van der Waals surface area contributed by atoms with Gasteiger partial charge >= 0.3 is 0 Å². The van der Waals surface area contributed by atoms with Crippen LogP contribution in [0.5, 0.6) is 5.75 Å². The summed E-state index contributed by atoms with van der Waals surface area (Å²) in [7, 11) is 1.61. The third-order valence-electron chi connectivity index (χ3n) is 6.30. The lowest BCUT2D eigenvalue weighted by molar-refractivity contribution is 0.296. The number of aryl methyl sites for hydroxylation is 1. The average molecular weight is 492 g/mol. The number of hydrogen-bond donors (Lipinski definition) is 2. The molecule has 7 nitrogen and oxygen atoms in total. The Morgan fingerprint density at radius 3 is 2.44 bits per heavy atom. The highest BCUT2D eigenvalue weighted by atomic mass is 19.1. The van der Waals surface area contributed by atoms with Crippen LogP contribution in [0.2, 0.25) is 0 Å². The molecule has 1 aromatic carbocycles. The number of halogens is 2. The monoisotopic (exact) mass is 491 g/mol.